The molecule has 1 saturated carbocycles. The molecule has 0 atom stereocenters. The van der Waals surface area contributed by atoms with Gasteiger partial charge in [-0.25, -0.2) is 14.5 Å². The van der Waals surface area contributed by atoms with E-state index in [4.69, 9.17) is 10.1 Å². The summed E-state index contributed by atoms with van der Waals surface area (Å²) in [4.78, 5) is 9.50. The number of nitrogens with one attached hydrogen (secondary N) is 1. The Morgan fingerprint density at radius 3 is 2.59 bits per heavy atom. The number of aromatic nitrogens is 4. The van der Waals surface area contributed by atoms with Gasteiger partial charge in [0.05, 0.1) is 24.6 Å². The lowest BCUT2D eigenvalue weighted by molar-refractivity contribution is 0.121. The zero-order chi connectivity index (χ0) is 20.2. The first kappa shape index (κ1) is 19.8. The molecule has 0 spiro atoms. The normalized spacial score (nSPS) is 19.6. The van der Waals surface area contributed by atoms with Gasteiger partial charge in [0.25, 0.3) is 0 Å². The van der Waals surface area contributed by atoms with Crippen molar-refractivity contribution < 1.29 is 10.2 Å². The number of benzene rings is 1. The number of hydrogen-bond donors (Lipinski definition) is 3. The second-order valence-corrected chi connectivity index (χ2v) is 7.84. The minimum Gasteiger partial charge on any atom is -0.393 e. The van der Waals surface area contributed by atoms with Crippen LogP contribution in [0.4, 0.5) is 5.95 Å². The largest absolute Gasteiger partial charge is 0.393 e. The summed E-state index contributed by atoms with van der Waals surface area (Å²) in [5.74, 6) is 1.83. The summed E-state index contributed by atoms with van der Waals surface area (Å²) in [5.41, 5.74) is 3.59. The maximum atomic E-state index is 9.90. The van der Waals surface area contributed by atoms with E-state index in [0.29, 0.717) is 5.95 Å². The Hall–Kier alpha value is -2.51. The van der Waals surface area contributed by atoms with Crippen LogP contribution in [-0.2, 0) is 6.61 Å². The molecule has 1 aromatic carbocycles. The fourth-order valence-electron chi connectivity index (χ4n) is 3.94. The van der Waals surface area contributed by atoms with E-state index < -0.39 is 0 Å². The number of unbranched alkanes of at least 4 members (excludes halogenated alkanes) is 1. The van der Waals surface area contributed by atoms with Crippen LogP contribution in [0.15, 0.2) is 30.5 Å². The molecule has 2 aromatic heterocycles. The fraction of sp³-hybridized carbons (Fsp3) is 0.500. The number of rotatable bonds is 7. The van der Waals surface area contributed by atoms with E-state index in [2.05, 4.69) is 17.2 Å². The van der Waals surface area contributed by atoms with E-state index in [9.17, 15) is 10.2 Å². The summed E-state index contributed by atoms with van der Waals surface area (Å²) in [6.45, 7) is 3.03. The SMILES string of the molecule is CCCCNc1ncc2c(-c3ccc(CO)cc3)nc([C@H]3CC[C@@H](O)CC3)n2n1. The third kappa shape index (κ3) is 4.26. The molecule has 0 amide bonds. The van der Waals surface area contributed by atoms with Crippen molar-refractivity contribution in [1.29, 1.82) is 0 Å². The second kappa shape index (κ2) is 8.88. The fourth-order valence-corrected chi connectivity index (χ4v) is 3.94. The van der Waals surface area contributed by atoms with Gasteiger partial charge in [0.2, 0.25) is 5.95 Å². The van der Waals surface area contributed by atoms with Gasteiger partial charge < -0.3 is 15.5 Å². The minimum absolute atomic E-state index is 0.0236. The molecule has 1 aliphatic rings. The van der Waals surface area contributed by atoms with Crippen LogP contribution in [0.3, 0.4) is 0 Å². The maximum Gasteiger partial charge on any atom is 0.241 e. The van der Waals surface area contributed by atoms with Crippen molar-refractivity contribution in [2.45, 2.75) is 64.1 Å². The Labute approximate surface area is 170 Å². The number of hydrogen-bond acceptors (Lipinski definition) is 6. The van der Waals surface area contributed by atoms with Crippen molar-refractivity contribution in [3.63, 3.8) is 0 Å². The highest BCUT2D eigenvalue weighted by Crippen LogP contribution is 2.35. The second-order valence-electron chi connectivity index (χ2n) is 7.84. The quantitative estimate of drug-likeness (QED) is 0.530. The average molecular weight is 396 g/mol. The van der Waals surface area contributed by atoms with Gasteiger partial charge in [-0.3, -0.25) is 0 Å². The summed E-state index contributed by atoms with van der Waals surface area (Å²) < 4.78 is 1.93. The lowest BCUT2D eigenvalue weighted by Gasteiger charge is -2.24. The van der Waals surface area contributed by atoms with E-state index in [0.717, 1.165) is 73.2 Å². The Morgan fingerprint density at radius 1 is 1.14 bits per heavy atom. The van der Waals surface area contributed by atoms with Crippen LogP contribution in [0.1, 0.15) is 62.8 Å². The molecule has 2 heterocycles. The van der Waals surface area contributed by atoms with E-state index in [1.165, 1.54) is 0 Å². The van der Waals surface area contributed by atoms with Crippen LogP contribution < -0.4 is 5.32 Å². The Balaban J connectivity index is 1.74. The van der Waals surface area contributed by atoms with Crippen LogP contribution in [0.2, 0.25) is 0 Å². The van der Waals surface area contributed by atoms with Gasteiger partial charge in [-0.05, 0) is 37.7 Å². The van der Waals surface area contributed by atoms with Gasteiger partial charge in [-0.1, -0.05) is 37.6 Å². The van der Waals surface area contributed by atoms with Crippen LogP contribution in [-0.4, -0.2) is 42.4 Å². The zero-order valence-corrected chi connectivity index (χ0v) is 16.9. The van der Waals surface area contributed by atoms with Crippen molar-refractivity contribution in [3.05, 3.63) is 41.9 Å². The molecule has 1 aliphatic carbocycles. The van der Waals surface area contributed by atoms with E-state index in [1.54, 1.807) is 0 Å². The lowest BCUT2D eigenvalue weighted by Crippen LogP contribution is -2.19. The average Bonchev–Trinajstić information content (AvgIpc) is 3.13. The monoisotopic (exact) mass is 395 g/mol. The zero-order valence-electron chi connectivity index (χ0n) is 16.9. The van der Waals surface area contributed by atoms with Crippen LogP contribution in [0.25, 0.3) is 16.8 Å². The summed E-state index contributed by atoms with van der Waals surface area (Å²) >= 11 is 0. The van der Waals surface area contributed by atoms with Gasteiger partial charge in [0.15, 0.2) is 0 Å². The van der Waals surface area contributed by atoms with Gasteiger partial charge >= 0.3 is 0 Å². The highest BCUT2D eigenvalue weighted by molar-refractivity contribution is 5.77. The molecule has 4 rings (SSSR count). The Morgan fingerprint density at radius 2 is 1.90 bits per heavy atom. The van der Waals surface area contributed by atoms with Gasteiger partial charge in [0.1, 0.15) is 11.3 Å². The molecular formula is C22H29N5O2. The minimum atomic E-state index is -0.205. The molecule has 0 bridgehead atoms. The number of imidazole rings is 1. The molecule has 0 aliphatic heterocycles. The molecule has 154 valence electrons. The van der Waals surface area contributed by atoms with Crippen LogP contribution >= 0.6 is 0 Å². The molecule has 29 heavy (non-hydrogen) atoms. The Bertz CT molecular complexity index is 946. The number of nitrogens with zero attached hydrogens (tertiary/aromatic N) is 4. The third-order valence-corrected chi connectivity index (χ3v) is 5.70. The standard InChI is InChI=1S/C22H29N5O2/c1-2-3-12-23-22-24-13-19-20(16-6-4-15(14-28)5-7-16)25-21(27(19)26-22)17-8-10-18(29)11-9-17/h4-7,13,17-18,28-29H,2-3,8-12,14H2,1H3,(H,23,26)/t17-,18+. The predicted octanol–water partition coefficient (Wildman–Crippen LogP) is 3.51. The van der Waals surface area contributed by atoms with Crippen molar-refractivity contribution in [3.8, 4) is 11.3 Å². The smallest absolute Gasteiger partial charge is 0.241 e. The number of aliphatic hydroxyl groups is 2. The van der Waals surface area contributed by atoms with E-state index >= 15 is 0 Å². The van der Waals surface area contributed by atoms with Gasteiger partial charge in [0, 0.05) is 18.0 Å². The molecule has 0 radical (unpaired) electrons. The predicted molar refractivity (Wildman–Crippen MR) is 113 cm³/mol. The summed E-state index contributed by atoms with van der Waals surface area (Å²) in [7, 11) is 0. The molecule has 0 saturated heterocycles. The van der Waals surface area contributed by atoms with Crippen molar-refractivity contribution in [2.24, 2.45) is 0 Å². The molecule has 3 aromatic rings. The summed E-state index contributed by atoms with van der Waals surface area (Å²) in [6.07, 6.45) is 7.23. The van der Waals surface area contributed by atoms with Gasteiger partial charge in [-0.2, -0.15) is 0 Å². The third-order valence-electron chi connectivity index (χ3n) is 5.70. The molecule has 1 fully saturated rings. The van der Waals surface area contributed by atoms with Crippen molar-refractivity contribution >= 4 is 11.5 Å². The highest BCUT2D eigenvalue weighted by atomic mass is 16.3. The van der Waals surface area contributed by atoms with E-state index in [-0.39, 0.29) is 18.6 Å². The first-order valence-electron chi connectivity index (χ1n) is 10.6. The molecule has 7 nitrogen and oxygen atoms in total. The Kier molecular flexibility index (Phi) is 6.06. The number of fused-ring (bicyclic) bond motifs is 1. The number of anilines is 1. The van der Waals surface area contributed by atoms with Crippen LogP contribution in [0, 0.1) is 0 Å². The van der Waals surface area contributed by atoms with Gasteiger partial charge in [-0.15, -0.1) is 5.10 Å². The molecule has 0 unspecified atom stereocenters. The van der Waals surface area contributed by atoms with E-state index in [1.807, 2.05) is 35.0 Å². The van der Waals surface area contributed by atoms with Crippen molar-refractivity contribution in [1.82, 2.24) is 19.6 Å². The molecule has 3 N–H and O–H groups in total. The topological polar surface area (TPSA) is 95.6 Å². The summed E-state index contributed by atoms with van der Waals surface area (Å²) in [6, 6.07) is 7.79. The maximum absolute atomic E-state index is 9.90. The van der Waals surface area contributed by atoms with Crippen LogP contribution in [0.5, 0.6) is 0 Å². The summed E-state index contributed by atoms with van der Waals surface area (Å²) in [5, 5.41) is 27.3. The first-order chi connectivity index (χ1) is 14.2. The molecule has 7 heteroatoms. The number of aliphatic hydroxyl groups excluding tert-OH is 2. The molecular weight excluding hydrogens is 366 g/mol. The highest BCUT2D eigenvalue weighted by Gasteiger charge is 2.26. The lowest BCUT2D eigenvalue weighted by atomic mass is 9.87. The van der Waals surface area contributed by atoms with Crippen molar-refractivity contribution in [2.75, 3.05) is 11.9 Å². The first-order valence-corrected chi connectivity index (χ1v) is 10.6.